The van der Waals surface area contributed by atoms with Crippen molar-refractivity contribution in [2.45, 2.75) is 0 Å². The van der Waals surface area contributed by atoms with Crippen LogP contribution >= 0.6 is 0 Å². The molecule has 2 heterocycles. The lowest BCUT2D eigenvalue weighted by atomic mass is 10.2. The van der Waals surface area contributed by atoms with E-state index in [0.717, 1.165) is 0 Å². The maximum atomic E-state index is 11.2. The van der Waals surface area contributed by atoms with Crippen LogP contribution in [-0.4, -0.2) is 32.8 Å². The van der Waals surface area contributed by atoms with Gasteiger partial charge in [-0.05, 0) is 12.1 Å². The van der Waals surface area contributed by atoms with Gasteiger partial charge in [0.2, 0.25) is 0 Å². The highest BCUT2D eigenvalue weighted by atomic mass is 16.5. The summed E-state index contributed by atoms with van der Waals surface area (Å²) in [6.45, 7) is 0. The number of aromatic nitrogens is 4. The molecule has 15 heavy (non-hydrogen) atoms. The van der Waals surface area contributed by atoms with Crippen molar-refractivity contribution in [3.05, 3.63) is 36.5 Å². The Balaban J connectivity index is 2.39. The Hall–Kier alpha value is -2.24. The van der Waals surface area contributed by atoms with E-state index in [-0.39, 0.29) is 0 Å². The van der Waals surface area contributed by atoms with Gasteiger partial charge >= 0.3 is 5.97 Å². The lowest BCUT2D eigenvalue weighted by Gasteiger charge is -2.01. The van der Waals surface area contributed by atoms with Crippen molar-refractivity contribution in [2.75, 3.05) is 7.11 Å². The van der Waals surface area contributed by atoms with Gasteiger partial charge in [0.1, 0.15) is 12.7 Å². The van der Waals surface area contributed by atoms with Crippen molar-refractivity contribution in [2.24, 2.45) is 0 Å². The number of hydrogen-bond acceptors (Lipinski definition) is 5. The van der Waals surface area contributed by atoms with Crippen LogP contribution < -0.4 is 0 Å². The predicted molar refractivity (Wildman–Crippen MR) is 50.5 cm³/mol. The molecule has 0 amide bonds. The van der Waals surface area contributed by atoms with Crippen LogP contribution in [0.25, 0.3) is 5.82 Å². The minimum atomic E-state index is -0.404. The van der Waals surface area contributed by atoms with Crippen molar-refractivity contribution < 1.29 is 9.53 Å². The van der Waals surface area contributed by atoms with Gasteiger partial charge in [-0.1, -0.05) is 0 Å². The molecule has 0 aliphatic rings. The highest BCUT2D eigenvalue weighted by molar-refractivity contribution is 5.89. The molecule has 0 spiro atoms. The number of hydrogen-bond donors (Lipinski definition) is 0. The summed E-state index contributed by atoms with van der Waals surface area (Å²) in [4.78, 5) is 19.1. The molecular weight excluding hydrogens is 196 g/mol. The summed E-state index contributed by atoms with van der Waals surface area (Å²) >= 11 is 0. The Morgan fingerprint density at radius 1 is 1.53 bits per heavy atom. The quantitative estimate of drug-likeness (QED) is 0.664. The first kappa shape index (κ1) is 9.32. The third-order valence-electron chi connectivity index (χ3n) is 1.82. The topological polar surface area (TPSA) is 69.9 Å². The van der Waals surface area contributed by atoms with Crippen LogP contribution in [-0.2, 0) is 4.74 Å². The van der Waals surface area contributed by atoms with Crippen molar-refractivity contribution in [1.82, 2.24) is 19.7 Å². The maximum absolute atomic E-state index is 11.2. The smallest absolute Gasteiger partial charge is 0.338 e. The molecule has 2 aromatic rings. The second kappa shape index (κ2) is 3.87. The molecule has 76 valence electrons. The average molecular weight is 204 g/mol. The number of pyridine rings is 1. The van der Waals surface area contributed by atoms with Crippen LogP contribution in [0.2, 0.25) is 0 Å². The largest absolute Gasteiger partial charge is 0.465 e. The standard InChI is InChI=1S/C9H8N4O2/c1-15-9(14)7-2-3-11-8(4-7)13-6-10-5-12-13/h2-6H,1H3. The minimum absolute atomic E-state index is 0.404. The second-order valence-electron chi connectivity index (χ2n) is 2.73. The van der Waals surface area contributed by atoms with E-state index in [0.29, 0.717) is 11.4 Å². The molecule has 0 saturated heterocycles. The van der Waals surface area contributed by atoms with E-state index in [1.54, 1.807) is 12.1 Å². The lowest BCUT2D eigenvalue weighted by Crippen LogP contribution is -2.04. The van der Waals surface area contributed by atoms with Crippen molar-refractivity contribution in [1.29, 1.82) is 0 Å². The van der Waals surface area contributed by atoms with E-state index in [2.05, 4.69) is 19.8 Å². The lowest BCUT2D eigenvalue weighted by molar-refractivity contribution is 0.0600. The van der Waals surface area contributed by atoms with Gasteiger partial charge in [0, 0.05) is 6.20 Å². The molecule has 0 bridgehead atoms. The van der Waals surface area contributed by atoms with Crippen LogP contribution in [0.15, 0.2) is 31.0 Å². The summed E-state index contributed by atoms with van der Waals surface area (Å²) in [7, 11) is 1.33. The fraction of sp³-hybridized carbons (Fsp3) is 0.111. The molecule has 0 atom stereocenters. The highest BCUT2D eigenvalue weighted by Gasteiger charge is 2.07. The number of carbonyl (C=O) groups is 1. The summed E-state index contributed by atoms with van der Waals surface area (Å²) in [5.41, 5.74) is 0.429. The van der Waals surface area contributed by atoms with Crippen LogP contribution in [0.3, 0.4) is 0 Å². The zero-order valence-corrected chi connectivity index (χ0v) is 7.99. The molecular formula is C9H8N4O2. The van der Waals surface area contributed by atoms with Crippen molar-refractivity contribution in [3.8, 4) is 5.82 Å². The molecule has 2 rings (SSSR count). The summed E-state index contributed by atoms with van der Waals surface area (Å²) in [6.07, 6.45) is 4.42. The first-order valence-electron chi connectivity index (χ1n) is 4.20. The fourth-order valence-electron chi connectivity index (χ4n) is 1.12. The Morgan fingerprint density at radius 3 is 3.07 bits per heavy atom. The maximum Gasteiger partial charge on any atom is 0.338 e. The van der Waals surface area contributed by atoms with Gasteiger partial charge in [0.05, 0.1) is 12.7 Å². The number of methoxy groups -OCH3 is 1. The van der Waals surface area contributed by atoms with Crippen LogP contribution in [0.1, 0.15) is 10.4 Å². The van der Waals surface area contributed by atoms with Gasteiger partial charge in [-0.2, -0.15) is 5.10 Å². The van der Waals surface area contributed by atoms with E-state index in [1.165, 1.54) is 30.6 Å². The average Bonchev–Trinajstić information content (AvgIpc) is 2.82. The summed E-state index contributed by atoms with van der Waals surface area (Å²) in [6, 6.07) is 3.16. The fourth-order valence-corrected chi connectivity index (χ4v) is 1.12. The molecule has 6 heteroatoms. The summed E-state index contributed by atoms with van der Waals surface area (Å²) in [5.74, 6) is 0.120. The van der Waals surface area contributed by atoms with E-state index in [1.807, 2.05) is 0 Å². The van der Waals surface area contributed by atoms with Crippen LogP contribution in [0, 0.1) is 0 Å². The summed E-state index contributed by atoms with van der Waals surface area (Å²) in [5, 5.41) is 3.90. The Bertz CT molecular complexity index is 467. The molecule has 0 aliphatic heterocycles. The van der Waals surface area contributed by atoms with Gasteiger partial charge in [-0.15, -0.1) is 0 Å². The Morgan fingerprint density at radius 2 is 2.40 bits per heavy atom. The van der Waals surface area contributed by atoms with Crippen molar-refractivity contribution in [3.63, 3.8) is 0 Å². The second-order valence-corrected chi connectivity index (χ2v) is 2.73. The third-order valence-corrected chi connectivity index (χ3v) is 1.82. The molecule has 2 aromatic heterocycles. The van der Waals surface area contributed by atoms with Crippen molar-refractivity contribution >= 4 is 5.97 Å². The Labute approximate surface area is 85.5 Å². The first-order valence-corrected chi connectivity index (χ1v) is 4.20. The number of rotatable bonds is 2. The SMILES string of the molecule is COC(=O)c1ccnc(-n2cncn2)c1. The highest BCUT2D eigenvalue weighted by Crippen LogP contribution is 2.06. The van der Waals surface area contributed by atoms with Gasteiger partial charge in [0.15, 0.2) is 5.82 Å². The molecule has 0 fully saturated rings. The van der Waals surface area contributed by atoms with Crippen LogP contribution in [0.4, 0.5) is 0 Å². The van der Waals surface area contributed by atoms with Gasteiger partial charge in [-0.25, -0.2) is 19.4 Å². The van der Waals surface area contributed by atoms with E-state index in [4.69, 9.17) is 0 Å². The van der Waals surface area contributed by atoms with Gasteiger partial charge < -0.3 is 4.74 Å². The molecule has 0 saturated carbocycles. The zero-order chi connectivity index (χ0) is 10.7. The normalized spacial score (nSPS) is 9.93. The summed E-state index contributed by atoms with van der Waals surface area (Å²) < 4.78 is 6.06. The van der Waals surface area contributed by atoms with E-state index >= 15 is 0 Å². The first-order chi connectivity index (χ1) is 7.31. The van der Waals surface area contributed by atoms with E-state index < -0.39 is 5.97 Å². The van der Waals surface area contributed by atoms with E-state index in [9.17, 15) is 4.79 Å². The number of nitrogens with zero attached hydrogens (tertiary/aromatic N) is 4. The minimum Gasteiger partial charge on any atom is -0.465 e. The molecule has 0 aromatic carbocycles. The van der Waals surface area contributed by atoms with Gasteiger partial charge in [-0.3, -0.25) is 0 Å². The monoisotopic (exact) mass is 204 g/mol. The molecule has 0 N–H and O–H groups in total. The van der Waals surface area contributed by atoms with Gasteiger partial charge in [0.25, 0.3) is 0 Å². The predicted octanol–water partition coefficient (Wildman–Crippen LogP) is 0.449. The zero-order valence-electron chi connectivity index (χ0n) is 7.99. The Kier molecular flexibility index (Phi) is 2.40. The number of carbonyl (C=O) groups excluding carboxylic acids is 1. The molecule has 0 unspecified atom stereocenters. The molecule has 0 aliphatic carbocycles. The third kappa shape index (κ3) is 1.83. The number of esters is 1. The molecule has 0 radical (unpaired) electrons. The number of ether oxygens (including phenoxy) is 1. The molecule has 6 nitrogen and oxygen atoms in total. The van der Waals surface area contributed by atoms with Crippen LogP contribution in [0.5, 0.6) is 0 Å².